The highest BCUT2D eigenvalue weighted by atomic mass is 16.5. The van der Waals surface area contributed by atoms with Gasteiger partial charge in [-0.1, -0.05) is 19.8 Å². The van der Waals surface area contributed by atoms with Crippen molar-refractivity contribution in [1.29, 1.82) is 0 Å². The quantitative estimate of drug-likeness (QED) is 0.710. The lowest BCUT2D eigenvalue weighted by Crippen LogP contribution is -2.37. The summed E-state index contributed by atoms with van der Waals surface area (Å²) >= 11 is 0. The van der Waals surface area contributed by atoms with Crippen molar-refractivity contribution in [2.75, 3.05) is 7.05 Å². The normalized spacial score (nSPS) is 30.7. The second-order valence-corrected chi connectivity index (χ2v) is 4.10. The van der Waals surface area contributed by atoms with Gasteiger partial charge in [-0.05, 0) is 33.2 Å². The van der Waals surface area contributed by atoms with E-state index in [2.05, 4.69) is 19.2 Å². The van der Waals surface area contributed by atoms with E-state index in [9.17, 15) is 0 Å². The predicted molar refractivity (Wildman–Crippen MR) is 55.9 cm³/mol. The summed E-state index contributed by atoms with van der Waals surface area (Å²) < 4.78 is 5.85. The fraction of sp³-hybridized carbons (Fsp3) is 1.00. The van der Waals surface area contributed by atoms with Gasteiger partial charge in [0.05, 0.1) is 12.2 Å². The molecule has 0 aromatic heterocycles. The van der Waals surface area contributed by atoms with Gasteiger partial charge in [0, 0.05) is 6.04 Å². The van der Waals surface area contributed by atoms with Gasteiger partial charge in [-0.25, -0.2) is 0 Å². The lowest BCUT2D eigenvalue weighted by Gasteiger charge is -2.22. The highest BCUT2D eigenvalue weighted by Gasteiger charge is 2.27. The molecule has 1 heterocycles. The summed E-state index contributed by atoms with van der Waals surface area (Å²) in [7, 11) is 2.05. The van der Waals surface area contributed by atoms with Gasteiger partial charge in [0.15, 0.2) is 0 Å². The van der Waals surface area contributed by atoms with Gasteiger partial charge >= 0.3 is 0 Å². The van der Waals surface area contributed by atoms with Crippen molar-refractivity contribution in [3.63, 3.8) is 0 Å². The molecule has 0 amide bonds. The first-order valence-electron chi connectivity index (χ1n) is 5.60. The molecule has 0 aromatic carbocycles. The maximum Gasteiger partial charge on any atom is 0.0732 e. The smallest absolute Gasteiger partial charge is 0.0732 e. The highest BCUT2D eigenvalue weighted by molar-refractivity contribution is 4.81. The van der Waals surface area contributed by atoms with E-state index >= 15 is 0 Å². The number of rotatable bonds is 5. The second kappa shape index (κ2) is 5.61. The minimum atomic E-state index is 0.464. The van der Waals surface area contributed by atoms with Crippen LogP contribution in [0.3, 0.4) is 0 Å². The first-order chi connectivity index (χ1) is 6.27. The average molecular weight is 185 g/mol. The van der Waals surface area contributed by atoms with Crippen molar-refractivity contribution in [2.24, 2.45) is 0 Å². The molecule has 1 aliphatic rings. The topological polar surface area (TPSA) is 21.3 Å². The van der Waals surface area contributed by atoms with Crippen molar-refractivity contribution in [1.82, 2.24) is 5.32 Å². The van der Waals surface area contributed by atoms with Gasteiger partial charge in [-0.2, -0.15) is 0 Å². The van der Waals surface area contributed by atoms with Crippen molar-refractivity contribution in [3.05, 3.63) is 0 Å². The van der Waals surface area contributed by atoms with Gasteiger partial charge in [0.1, 0.15) is 0 Å². The SMILES string of the molecule is CCCCC(NC)C1CCC(C)O1. The third-order valence-corrected chi connectivity index (χ3v) is 2.95. The molecule has 1 saturated heterocycles. The molecular weight excluding hydrogens is 162 g/mol. The van der Waals surface area contributed by atoms with Gasteiger partial charge in [-0.3, -0.25) is 0 Å². The molecule has 1 rings (SSSR count). The van der Waals surface area contributed by atoms with E-state index in [-0.39, 0.29) is 0 Å². The lowest BCUT2D eigenvalue weighted by molar-refractivity contribution is 0.0313. The minimum Gasteiger partial charge on any atom is -0.374 e. The molecule has 13 heavy (non-hydrogen) atoms. The molecule has 0 bridgehead atoms. The van der Waals surface area contributed by atoms with Crippen LogP contribution in [-0.4, -0.2) is 25.3 Å². The highest BCUT2D eigenvalue weighted by Crippen LogP contribution is 2.23. The number of ether oxygens (including phenoxy) is 1. The van der Waals surface area contributed by atoms with Crippen LogP contribution in [0.1, 0.15) is 46.0 Å². The Morgan fingerprint density at radius 1 is 1.46 bits per heavy atom. The Kier molecular flexibility index (Phi) is 4.74. The molecule has 1 fully saturated rings. The second-order valence-electron chi connectivity index (χ2n) is 4.10. The molecule has 0 saturated carbocycles. The van der Waals surface area contributed by atoms with Crippen LogP contribution in [0.4, 0.5) is 0 Å². The molecule has 2 nitrogen and oxygen atoms in total. The molecule has 0 spiro atoms. The molecule has 0 radical (unpaired) electrons. The van der Waals surface area contributed by atoms with Gasteiger partial charge < -0.3 is 10.1 Å². The van der Waals surface area contributed by atoms with Gasteiger partial charge in [0.2, 0.25) is 0 Å². The van der Waals surface area contributed by atoms with Crippen LogP contribution in [0.2, 0.25) is 0 Å². The summed E-state index contributed by atoms with van der Waals surface area (Å²) in [5.41, 5.74) is 0. The van der Waals surface area contributed by atoms with E-state index < -0.39 is 0 Å². The number of nitrogens with one attached hydrogen (secondary N) is 1. The minimum absolute atomic E-state index is 0.464. The van der Waals surface area contributed by atoms with Crippen LogP contribution in [-0.2, 0) is 4.74 Å². The third-order valence-electron chi connectivity index (χ3n) is 2.95. The fourth-order valence-electron chi connectivity index (χ4n) is 2.07. The Bertz CT molecular complexity index is 138. The lowest BCUT2D eigenvalue weighted by atomic mass is 10.0. The van der Waals surface area contributed by atoms with Crippen molar-refractivity contribution in [2.45, 2.75) is 64.2 Å². The van der Waals surface area contributed by atoms with E-state index in [0.29, 0.717) is 18.2 Å². The number of hydrogen-bond acceptors (Lipinski definition) is 2. The largest absolute Gasteiger partial charge is 0.374 e. The monoisotopic (exact) mass is 185 g/mol. The summed E-state index contributed by atoms with van der Waals surface area (Å²) in [5.74, 6) is 0. The molecule has 1 aliphatic heterocycles. The van der Waals surface area contributed by atoms with Crippen LogP contribution in [0.25, 0.3) is 0 Å². The number of unbranched alkanes of at least 4 members (excludes halogenated alkanes) is 1. The zero-order chi connectivity index (χ0) is 9.68. The van der Waals surface area contributed by atoms with Gasteiger partial charge in [-0.15, -0.1) is 0 Å². The molecule has 2 heteroatoms. The molecule has 0 aromatic rings. The molecule has 3 unspecified atom stereocenters. The summed E-state index contributed by atoms with van der Waals surface area (Å²) in [5, 5.41) is 3.37. The summed E-state index contributed by atoms with van der Waals surface area (Å²) in [6.45, 7) is 4.41. The molecule has 0 aliphatic carbocycles. The fourth-order valence-corrected chi connectivity index (χ4v) is 2.07. The summed E-state index contributed by atoms with van der Waals surface area (Å²) in [4.78, 5) is 0. The van der Waals surface area contributed by atoms with Crippen molar-refractivity contribution >= 4 is 0 Å². The Morgan fingerprint density at radius 2 is 2.23 bits per heavy atom. The van der Waals surface area contributed by atoms with Crippen LogP contribution in [0.15, 0.2) is 0 Å². The van der Waals surface area contributed by atoms with Crippen molar-refractivity contribution in [3.8, 4) is 0 Å². The van der Waals surface area contributed by atoms with E-state index in [0.717, 1.165) is 0 Å². The standard InChI is InChI=1S/C11H23NO/c1-4-5-6-10(12-3)11-8-7-9(2)13-11/h9-12H,4-8H2,1-3H3. The maximum atomic E-state index is 5.85. The predicted octanol–water partition coefficient (Wildman–Crippen LogP) is 2.33. The van der Waals surface area contributed by atoms with Crippen molar-refractivity contribution < 1.29 is 4.74 Å². The zero-order valence-corrected chi connectivity index (χ0v) is 9.18. The number of likely N-dealkylation sites (N-methyl/N-ethyl adjacent to an activating group) is 1. The summed E-state index contributed by atoms with van der Waals surface area (Å²) in [6, 6.07) is 0.574. The average Bonchev–Trinajstić information content (AvgIpc) is 2.54. The maximum absolute atomic E-state index is 5.85. The Balaban J connectivity index is 2.29. The van der Waals surface area contributed by atoms with E-state index in [1.54, 1.807) is 0 Å². The van der Waals surface area contributed by atoms with E-state index in [1.165, 1.54) is 32.1 Å². The molecule has 1 N–H and O–H groups in total. The van der Waals surface area contributed by atoms with Crippen LogP contribution in [0.5, 0.6) is 0 Å². The molecule has 78 valence electrons. The van der Waals surface area contributed by atoms with Crippen LogP contribution >= 0.6 is 0 Å². The Morgan fingerprint density at radius 3 is 2.69 bits per heavy atom. The van der Waals surface area contributed by atoms with E-state index in [1.807, 2.05) is 7.05 Å². The molecule has 3 atom stereocenters. The third kappa shape index (κ3) is 3.28. The van der Waals surface area contributed by atoms with Crippen LogP contribution < -0.4 is 5.32 Å². The first kappa shape index (κ1) is 11.0. The van der Waals surface area contributed by atoms with E-state index in [4.69, 9.17) is 4.74 Å². The summed E-state index contributed by atoms with van der Waals surface area (Å²) in [6.07, 6.45) is 7.24. The number of hydrogen-bond donors (Lipinski definition) is 1. The zero-order valence-electron chi connectivity index (χ0n) is 9.18. The van der Waals surface area contributed by atoms with Crippen LogP contribution in [0, 0.1) is 0 Å². The Labute approximate surface area is 82.0 Å². The Hall–Kier alpha value is -0.0800. The molecular formula is C11H23NO. The van der Waals surface area contributed by atoms with Gasteiger partial charge in [0.25, 0.3) is 0 Å². The first-order valence-corrected chi connectivity index (χ1v) is 5.60.